The Morgan fingerprint density at radius 1 is 1.12 bits per heavy atom. The molecule has 0 saturated heterocycles. The number of hydrogen-bond donors (Lipinski definition) is 3. The van der Waals surface area contributed by atoms with Crippen molar-refractivity contribution >= 4 is 49.7 Å². The Morgan fingerprint density at radius 3 is 2.56 bits per heavy atom. The summed E-state index contributed by atoms with van der Waals surface area (Å²) in [7, 11) is -3.44. The highest BCUT2D eigenvalue weighted by Crippen LogP contribution is 2.25. The van der Waals surface area contributed by atoms with Gasteiger partial charge in [-0.05, 0) is 44.0 Å². The molecule has 170 valence electrons. The summed E-state index contributed by atoms with van der Waals surface area (Å²) in [6, 6.07) is 6.59. The van der Waals surface area contributed by atoms with Gasteiger partial charge in [0.05, 0.1) is 35.4 Å². The monoisotopic (exact) mass is 476 g/mol. The molecule has 2 aromatic heterocycles. The maximum Gasteiger partial charge on any atom is 0.260 e. The Balaban J connectivity index is 1.62. The second kappa shape index (κ2) is 9.96. The van der Waals surface area contributed by atoms with E-state index in [2.05, 4.69) is 20.3 Å². The normalized spacial score (nSPS) is 11.2. The number of thiazole rings is 1. The van der Waals surface area contributed by atoms with Crippen LogP contribution < -0.4 is 15.4 Å². The van der Waals surface area contributed by atoms with Gasteiger partial charge in [-0.15, -0.1) is 11.3 Å². The summed E-state index contributed by atoms with van der Waals surface area (Å²) in [6.07, 6.45) is 1.94. The maximum atomic E-state index is 12.5. The first-order chi connectivity index (χ1) is 15.2. The second-order valence-electron chi connectivity index (χ2n) is 7.11. The lowest BCUT2D eigenvalue weighted by Gasteiger charge is -2.14. The quantitative estimate of drug-likeness (QED) is 0.429. The van der Waals surface area contributed by atoms with E-state index in [1.807, 2.05) is 0 Å². The summed E-state index contributed by atoms with van der Waals surface area (Å²) in [6.45, 7) is 5.21. The van der Waals surface area contributed by atoms with Crippen LogP contribution in [-0.2, 0) is 21.2 Å². The van der Waals surface area contributed by atoms with Crippen LogP contribution in [0.5, 0.6) is 0 Å². The minimum absolute atomic E-state index is 0.00232. The number of aryl methyl sites for hydroxylation is 1. The highest BCUT2D eigenvalue weighted by molar-refractivity contribution is 7.92. The maximum absolute atomic E-state index is 12.5. The molecular formula is C21H24N4O5S2. The number of benzene rings is 1. The van der Waals surface area contributed by atoms with Crippen molar-refractivity contribution in [2.45, 2.75) is 33.6 Å². The number of anilines is 3. The van der Waals surface area contributed by atoms with E-state index in [1.165, 1.54) is 17.6 Å². The molecule has 0 saturated carbocycles. The van der Waals surface area contributed by atoms with Crippen LogP contribution in [0.4, 0.5) is 16.5 Å². The van der Waals surface area contributed by atoms with Gasteiger partial charge in [0.25, 0.3) is 5.91 Å². The number of hydrogen-bond acceptors (Lipinski definition) is 7. The lowest BCUT2D eigenvalue weighted by atomic mass is 10.1. The molecule has 11 heteroatoms. The third-order valence-electron chi connectivity index (χ3n) is 4.56. The van der Waals surface area contributed by atoms with Crippen molar-refractivity contribution in [2.75, 3.05) is 21.1 Å². The summed E-state index contributed by atoms with van der Waals surface area (Å²) in [5.74, 6) is -0.116. The molecule has 0 aliphatic heterocycles. The van der Waals surface area contributed by atoms with E-state index < -0.39 is 10.0 Å². The largest absolute Gasteiger partial charge is 0.469 e. The van der Waals surface area contributed by atoms with E-state index in [-0.39, 0.29) is 24.0 Å². The number of amides is 2. The molecule has 0 spiro atoms. The summed E-state index contributed by atoms with van der Waals surface area (Å²) in [5, 5.41) is 7.55. The van der Waals surface area contributed by atoms with Crippen molar-refractivity contribution in [1.29, 1.82) is 0 Å². The van der Waals surface area contributed by atoms with Crippen LogP contribution in [-0.4, -0.2) is 31.0 Å². The predicted molar refractivity (Wildman–Crippen MR) is 125 cm³/mol. The number of sulfonamides is 1. The predicted octanol–water partition coefficient (Wildman–Crippen LogP) is 3.94. The molecule has 9 nitrogen and oxygen atoms in total. The van der Waals surface area contributed by atoms with Crippen LogP contribution in [0.25, 0.3) is 0 Å². The third-order valence-corrected chi connectivity index (χ3v) is 6.85. The first-order valence-corrected chi connectivity index (χ1v) is 12.4. The van der Waals surface area contributed by atoms with E-state index >= 15 is 0 Å². The van der Waals surface area contributed by atoms with Crippen molar-refractivity contribution in [3.8, 4) is 0 Å². The van der Waals surface area contributed by atoms with Gasteiger partial charge in [0, 0.05) is 11.1 Å². The summed E-state index contributed by atoms with van der Waals surface area (Å²) in [5.41, 5.74) is 2.46. The SMILES string of the molecule is CCCS(=O)(=O)Nc1cccc(NC(=O)Cc2csc(NC(=O)c3ccoc3C)n2)c1C. The molecule has 32 heavy (non-hydrogen) atoms. The van der Waals surface area contributed by atoms with Gasteiger partial charge in [0.15, 0.2) is 5.13 Å². The molecule has 0 radical (unpaired) electrons. The van der Waals surface area contributed by atoms with E-state index in [0.29, 0.717) is 45.5 Å². The molecule has 3 N–H and O–H groups in total. The van der Waals surface area contributed by atoms with Crippen LogP contribution in [0.1, 0.15) is 40.7 Å². The smallest absolute Gasteiger partial charge is 0.260 e. The fraction of sp³-hybridized carbons (Fsp3) is 0.286. The molecule has 0 atom stereocenters. The molecule has 3 rings (SSSR count). The zero-order chi connectivity index (χ0) is 23.3. The molecule has 2 heterocycles. The number of nitrogens with one attached hydrogen (secondary N) is 3. The molecule has 0 bridgehead atoms. The second-order valence-corrected chi connectivity index (χ2v) is 9.81. The average molecular weight is 477 g/mol. The number of aromatic nitrogens is 1. The van der Waals surface area contributed by atoms with E-state index in [0.717, 1.165) is 0 Å². The van der Waals surface area contributed by atoms with E-state index in [9.17, 15) is 18.0 Å². The van der Waals surface area contributed by atoms with Crippen molar-refractivity contribution in [1.82, 2.24) is 4.98 Å². The van der Waals surface area contributed by atoms with Gasteiger partial charge in [-0.2, -0.15) is 0 Å². The lowest BCUT2D eigenvalue weighted by molar-refractivity contribution is -0.115. The zero-order valence-electron chi connectivity index (χ0n) is 17.9. The standard InChI is InChI=1S/C21H24N4O5S2/c1-4-10-32(28,29)25-18-7-5-6-17(13(18)2)23-19(26)11-15-12-31-21(22-15)24-20(27)16-8-9-30-14(16)3/h5-9,12,25H,4,10-11H2,1-3H3,(H,23,26)(H,22,24,27). The minimum Gasteiger partial charge on any atom is -0.469 e. The van der Waals surface area contributed by atoms with Crippen molar-refractivity contribution in [2.24, 2.45) is 0 Å². The van der Waals surface area contributed by atoms with Gasteiger partial charge < -0.3 is 9.73 Å². The molecule has 2 amide bonds. The Labute approximate surface area is 190 Å². The van der Waals surface area contributed by atoms with Gasteiger partial charge >= 0.3 is 0 Å². The molecular weight excluding hydrogens is 452 g/mol. The lowest BCUT2D eigenvalue weighted by Crippen LogP contribution is -2.18. The Morgan fingerprint density at radius 2 is 1.88 bits per heavy atom. The number of carbonyl (C=O) groups excluding carboxylic acids is 2. The van der Waals surface area contributed by atoms with Crippen molar-refractivity contribution < 1.29 is 22.4 Å². The fourth-order valence-electron chi connectivity index (χ4n) is 2.96. The van der Waals surface area contributed by atoms with Gasteiger partial charge in [-0.3, -0.25) is 19.6 Å². The number of furan rings is 1. The Kier molecular flexibility index (Phi) is 7.31. The molecule has 3 aromatic rings. The van der Waals surface area contributed by atoms with Crippen LogP contribution >= 0.6 is 11.3 Å². The summed E-state index contributed by atoms with van der Waals surface area (Å²) >= 11 is 1.22. The average Bonchev–Trinajstić information content (AvgIpc) is 3.33. The zero-order valence-corrected chi connectivity index (χ0v) is 19.5. The van der Waals surface area contributed by atoms with Crippen molar-refractivity contribution in [3.63, 3.8) is 0 Å². The molecule has 0 unspecified atom stereocenters. The minimum atomic E-state index is -3.44. The number of nitrogens with zero attached hydrogens (tertiary/aromatic N) is 1. The first kappa shape index (κ1) is 23.5. The molecule has 0 aliphatic carbocycles. The highest BCUT2D eigenvalue weighted by atomic mass is 32.2. The van der Waals surface area contributed by atoms with Gasteiger partial charge in [0.1, 0.15) is 5.76 Å². The fourth-order valence-corrected chi connectivity index (χ4v) is 4.86. The highest BCUT2D eigenvalue weighted by Gasteiger charge is 2.16. The van der Waals surface area contributed by atoms with Crippen molar-refractivity contribution in [3.05, 3.63) is 58.5 Å². The van der Waals surface area contributed by atoms with Gasteiger partial charge in [-0.25, -0.2) is 13.4 Å². The topological polar surface area (TPSA) is 130 Å². The van der Waals surface area contributed by atoms with E-state index in [1.54, 1.807) is 50.4 Å². The van der Waals surface area contributed by atoms with Crippen LogP contribution in [0.2, 0.25) is 0 Å². The third kappa shape index (κ3) is 5.95. The molecule has 0 fully saturated rings. The van der Waals surface area contributed by atoms with Crippen LogP contribution in [0.15, 0.2) is 40.3 Å². The number of carbonyl (C=O) groups is 2. The Hall–Kier alpha value is -3.18. The first-order valence-electron chi connectivity index (χ1n) is 9.88. The van der Waals surface area contributed by atoms with Gasteiger partial charge in [0.2, 0.25) is 15.9 Å². The van der Waals surface area contributed by atoms with E-state index in [4.69, 9.17) is 4.42 Å². The van der Waals surface area contributed by atoms with Crippen LogP contribution in [0.3, 0.4) is 0 Å². The molecule has 0 aliphatic rings. The number of rotatable bonds is 9. The van der Waals surface area contributed by atoms with Gasteiger partial charge in [-0.1, -0.05) is 13.0 Å². The molecule has 1 aromatic carbocycles. The Bertz CT molecular complexity index is 1230. The van der Waals surface area contributed by atoms with Crippen LogP contribution in [0, 0.1) is 13.8 Å². The summed E-state index contributed by atoms with van der Waals surface area (Å²) in [4.78, 5) is 29.0. The summed E-state index contributed by atoms with van der Waals surface area (Å²) < 4.78 is 31.8.